The molecule has 0 aliphatic carbocycles. The molecule has 1 saturated heterocycles. The Morgan fingerprint density at radius 2 is 1.91 bits per heavy atom. The fourth-order valence-electron chi connectivity index (χ4n) is 3.51. The number of piperazine rings is 1. The number of amides is 1. The summed E-state index contributed by atoms with van der Waals surface area (Å²) < 4.78 is 24.0. The van der Waals surface area contributed by atoms with Crippen molar-refractivity contribution in [1.82, 2.24) is 19.9 Å². The van der Waals surface area contributed by atoms with E-state index in [2.05, 4.69) is 15.0 Å². The second kappa shape index (κ2) is 10.6. The van der Waals surface area contributed by atoms with Gasteiger partial charge in [-0.2, -0.15) is 4.98 Å². The first kappa shape index (κ1) is 22.2. The van der Waals surface area contributed by atoms with Gasteiger partial charge in [-0.1, -0.05) is 22.8 Å². The first-order valence-electron chi connectivity index (χ1n) is 10.5. The summed E-state index contributed by atoms with van der Waals surface area (Å²) >= 11 is 5.92. The summed E-state index contributed by atoms with van der Waals surface area (Å²) in [5.74, 6) is 1.33. The van der Waals surface area contributed by atoms with Gasteiger partial charge in [0.15, 0.2) is 0 Å². The highest BCUT2D eigenvalue weighted by atomic mass is 35.5. The van der Waals surface area contributed by atoms with Crippen LogP contribution < -0.4 is 4.74 Å². The zero-order chi connectivity index (χ0) is 22.3. The summed E-state index contributed by atoms with van der Waals surface area (Å²) in [6, 6.07) is 13.3. The van der Waals surface area contributed by atoms with Crippen LogP contribution in [0, 0.1) is 5.82 Å². The van der Waals surface area contributed by atoms with Crippen molar-refractivity contribution >= 4 is 17.5 Å². The second-order valence-electron chi connectivity index (χ2n) is 7.58. The average molecular weight is 459 g/mol. The van der Waals surface area contributed by atoms with Crippen LogP contribution in [0.3, 0.4) is 0 Å². The highest BCUT2D eigenvalue weighted by molar-refractivity contribution is 6.30. The van der Waals surface area contributed by atoms with Crippen LogP contribution in [-0.2, 0) is 11.3 Å². The Bertz CT molecular complexity index is 1040. The smallest absolute Gasteiger partial charge is 0.241 e. The normalized spacial score (nSPS) is 14.5. The number of aromatic nitrogens is 2. The van der Waals surface area contributed by atoms with E-state index in [1.165, 1.54) is 12.1 Å². The fraction of sp³-hybridized carbons (Fsp3) is 0.348. The molecular formula is C23H24ClFN4O3. The number of rotatable bonds is 8. The number of halogens is 2. The molecule has 4 rings (SSSR count). The molecule has 1 fully saturated rings. The van der Waals surface area contributed by atoms with E-state index in [0.29, 0.717) is 61.6 Å². The Morgan fingerprint density at radius 3 is 2.66 bits per heavy atom. The zero-order valence-electron chi connectivity index (χ0n) is 17.5. The molecule has 0 unspecified atom stereocenters. The van der Waals surface area contributed by atoms with Crippen molar-refractivity contribution in [3.8, 4) is 17.1 Å². The van der Waals surface area contributed by atoms with E-state index in [1.807, 2.05) is 17.0 Å². The molecule has 1 aromatic heterocycles. The van der Waals surface area contributed by atoms with Gasteiger partial charge < -0.3 is 14.2 Å². The van der Waals surface area contributed by atoms with E-state index in [-0.39, 0.29) is 11.7 Å². The minimum Gasteiger partial charge on any atom is -0.493 e. The van der Waals surface area contributed by atoms with Crippen molar-refractivity contribution in [3.63, 3.8) is 0 Å². The molecule has 2 heterocycles. The Morgan fingerprint density at radius 1 is 1.12 bits per heavy atom. The molecular weight excluding hydrogens is 435 g/mol. The Balaban J connectivity index is 1.17. The first-order valence-corrected chi connectivity index (χ1v) is 10.9. The third-order valence-corrected chi connectivity index (χ3v) is 5.51. The molecule has 0 atom stereocenters. The van der Waals surface area contributed by atoms with Gasteiger partial charge in [0, 0.05) is 49.3 Å². The van der Waals surface area contributed by atoms with E-state index in [1.54, 1.807) is 24.3 Å². The van der Waals surface area contributed by atoms with E-state index < -0.39 is 0 Å². The van der Waals surface area contributed by atoms with Gasteiger partial charge in [-0.05, 0) is 42.8 Å². The third-order valence-electron chi connectivity index (χ3n) is 5.25. The van der Waals surface area contributed by atoms with Crippen molar-refractivity contribution in [2.45, 2.75) is 19.4 Å². The lowest BCUT2D eigenvalue weighted by Crippen LogP contribution is -2.48. The minimum absolute atomic E-state index is 0.107. The summed E-state index contributed by atoms with van der Waals surface area (Å²) in [6.45, 7) is 3.71. The lowest BCUT2D eigenvalue weighted by molar-refractivity contribution is -0.133. The number of ether oxygens (including phenoxy) is 1. The van der Waals surface area contributed by atoms with Crippen molar-refractivity contribution in [1.29, 1.82) is 0 Å². The maximum atomic E-state index is 13.1. The molecule has 32 heavy (non-hydrogen) atoms. The molecule has 0 spiro atoms. The van der Waals surface area contributed by atoms with Gasteiger partial charge in [0.05, 0.1) is 13.2 Å². The highest BCUT2D eigenvalue weighted by Crippen LogP contribution is 2.19. The predicted molar refractivity (Wildman–Crippen MR) is 118 cm³/mol. The molecule has 7 nitrogen and oxygen atoms in total. The molecule has 0 N–H and O–H groups in total. The predicted octanol–water partition coefficient (Wildman–Crippen LogP) is 4.03. The lowest BCUT2D eigenvalue weighted by Gasteiger charge is -2.34. The molecule has 0 bridgehead atoms. The summed E-state index contributed by atoms with van der Waals surface area (Å²) in [5.41, 5.74) is 0.848. The average Bonchev–Trinajstić information content (AvgIpc) is 3.26. The SMILES string of the molecule is O=C(CCCOc1cccc(F)c1)N1CCN(Cc2nc(-c3ccc(Cl)cc3)no2)CC1. The van der Waals surface area contributed by atoms with Gasteiger partial charge in [-0.3, -0.25) is 9.69 Å². The number of benzene rings is 2. The number of hydrogen-bond donors (Lipinski definition) is 0. The maximum Gasteiger partial charge on any atom is 0.241 e. The van der Waals surface area contributed by atoms with Crippen LogP contribution in [-0.4, -0.2) is 58.6 Å². The van der Waals surface area contributed by atoms with Gasteiger partial charge in [-0.15, -0.1) is 0 Å². The van der Waals surface area contributed by atoms with Crippen molar-refractivity contribution in [2.75, 3.05) is 32.8 Å². The summed E-state index contributed by atoms with van der Waals surface area (Å²) in [6.07, 6.45) is 0.994. The Hall–Kier alpha value is -2.97. The van der Waals surface area contributed by atoms with Crippen LogP contribution in [0.5, 0.6) is 5.75 Å². The van der Waals surface area contributed by atoms with E-state index in [0.717, 1.165) is 18.7 Å². The van der Waals surface area contributed by atoms with Crippen LogP contribution in [0.15, 0.2) is 53.1 Å². The molecule has 1 aliphatic heterocycles. The van der Waals surface area contributed by atoms with Gasteiger partial charge in [0.2, 0.25) is 17.6 Å². The van der Waals surface area contributed by atoms with Crippen LogP contribution in [0.4, 0.5) is 4.39 Å². The Labute approximate surface area is 190 Å². The van der Waals surface area contributed by atoms with Crippen LogP contribution in [0.1, 0.15) is 18.7 Å². The van der Waals surface area contributed by atoms with Crippen LogP contribution >= 0.6 is 11.6 Å². The second-order valence-corrected chi connectivity index (χ2v) is 8.02. The van der Waals surface area contributed by atoms with Gasteiger partial charge in [0.25, 0.3) is 0 Å². The maximum absolute atomic E-state index is 13.1. The Kier molecular flexibility index (Phi) is 7.34. The third kappa shape index (κ3) is 6.05. The van der Waals surface area contributed by atoms with E-state index in [4.69, 9.17) is 20.9 Å². The first-order chi connectivity index (χ1) is 15.6. The van der Waals surface area contributed by atoms with E-state index >= 15 is 0 Å². The monoisotopic (exact) mass is 458 g/mol. The molecule has 0 radical (unpaired) electrons. The molecule has 0 saturated carbocycles. The van der Waals surface area contributed by atoms with Gasteiger partial charge in [-0.25, -0.2) is 4.39 Å². The van der Waals surface area contributed by atoms with Crippen molar-refractivity contribution in [3.05, 3.63) is 65.3 Å². The highest BCUT2D eigenvalue weighted by Gasteiger charge is 2.22. The molecule has 2 aromatic carbocycles. The summed E-state index contributed by atoms with van der Waals surface area (Å²) in [4.78, 5) is 21.0. The molecule has 9 heteroatoms. The number of carbonyl (C=O) groups is 1. The summed E-state index contributed by atoms with van der Waals surface area (Å²) in [5, 5.41) is 4.70. The quantitative estimate of drug-likeness (QED) is 0.474. The topological polar surface area (TPSA) is 71.7 Å². The molecule has 3 aromatic rings. The molecule has 1 aliphatic rings. The largest absolute Gasteiger partial charge is 0.493 e. The zero-order valence-corrected chi connectivity index (χ0v) is 18.3. The molecule has 168 valence electrons. The van der Waals surface area contributed by atoms with Crippen molar-refractivity contribution < 1.29 is 18.4 Å². The fourth-order valence-corrected chi connectivity index (χ4v) is 3.64. The van der Waals surface area contributed by atoms with E-state index in [9.17, 15) is 9.18 Å². The van der Waals surface area contributed by atoms with Crippen LogP contribution in [0.25, 0.3) is 11.4 Å². The van der Waals surface area contributed by atoms with Crippen molar-refractivity contribution in [2.24, 2.45) is 0 Å². The number of carbonyl (C=O) groups excluding carboxylic acids is 1. The van der Waals surface area contributed by atoms with Gasteiger partial charge in [0.1, 0.15) is 11.6 Å². The van der Waals surface area contributed by atoms with Crippen LogP contribution in [0.2, 0.25) is 5.02 Å². The molecule has 1 amide bonds. The van der Waals surface area contributed by atoms with Gasteiger partial charge >= 0.3 is 0 Å². The standard InChI is InChI=1S/C23H24ClFN4O3/c24-18-8-6-17(7-9-18)23-26-21(32-27-23)16-28-10-12-29(13-11-28)22(30)5-2-14-31-20-4-1-3-19(25)15-20/h1,3-4,6-9,15H,2,5,10-14,16H2. The number of hydrogen-bond acceptors (Lipinski definition) is 6. The number of nitrogens with zero attached hydrogens (tertiary/aromatic N) is 4. The minimum atomic E-state index is -0.335. The lowest BCUT2D eigenvalue weighted by atomic mass is 10.2. The summed E-state index contributed by atoms with van der Waals surface area (Å²) in [7, 11) is 0.